The van der Waals surface area contributed by atoms with E-state index in [0.717, 1.165) is 82.3 Å². The van der Waals surface area contributed by atoms with Gasteiger partial charge in [0.15, 0.2) is 0 Å². The van der Waals surface area contributed by atoms with Gasteiger partial charge in [0.05, 0.1) is 11.4 Å². The fourth-order valence-corrected chi connectivity index (χ4v) is 5.16. The maximum absolute atomic E-state index is 6.34. The molecule has 2 heterocycles. The Morgan fingerprint density at radius 3 is 1.56 bits per heavy atom. The molecule has 5 nitrogen and oxygen atoms in total. The number of nitrogens with zero attached hydrogens (tertiary/aromatic N) is 3. The molecule has 1 aliphatic rings. The second kappa shape index (κ2) is 14.6. The normalized spacial score (nSPS) is 15.9. The van der Waals surface area contributed by atoms with Crippen molar-refractivity contribution in [3.05, 3.63) is 131 Å². The molecule has 5 rings (SSSR count). The molecular formula is C34H40N4O. The van der Waals surface area contributed by atoms with E-state index in [1.165, 1.54) is 16.7 Å². The summed E-state index contributed by atoms with van der Waals surface area (Å²) in [7, 11) is 0. The number of hydrogen-bond acceptors (Lipinski definition) is 5. The number of aromatic nitrogens is 1. The molecule has 3 aromatic carbocycles. The van der Waals surface area contributed by atoms with Crippen molar-refractivity contribution in [3.8, 4) is 5.75 Å². The zero-order chi connectivity index (χ0) is 26.5. The lowest BCUT2D eigenvalue weighted by molar-refractivity contribution is 0.234. The summed E-state index contributed by atoms with van der Waals surface area (Å²) < 4.78 is 6.34. The summed E-state index contributed by atoms with van der Waals surface area (Å²) in [6, 6.07) is 36.1. The molecule has 1 aromatic heterocycles. The molecule has 0 amide bonds. The standard InChI is InChI=1S/C34H40N4O/c1-4-12-29(13-5-1)24-37-20-10-18-35-19-11-21-38(25-30-14-6-2-7-15-30)27-33-23-34(22-32(26-37)36-33)39-28-31-16-8-3-9-17-31/h1-9,12-17,22-23,35H,10-11,18-21,24-28H2. The van der Waals surface area contributed by atoms with Crippen LogP contribution >= 0.6 is 0 Å². The summed E-state index contributed by atoms with van der Waals surface area (Å²) in [5, 5.41) is 3.67. The Morgan fingerprint density at radius 2 is 1.08 bits per heavy atom. The van der Waals surface area contributed by atoms with Crippen molar-refractivity contribution in [2.45, 2.75) is 45.6 Å². The van der Waals surface area contributed by atoms with E-state index < -0.39 is 0 Å². The Bertz CT molecular complexity index is 1180. The third-order valence-electron chi connectivity index (χ3n) is 7.08. The Kier molecular flexibility index (Phi) is 10.1. The van der Waals surface area contributed by atoms with Gasteiger partial charge in [-0.1, -0.05) is 91.0 Å². The number of benzene rings is 3. The fraction of sp³-hybridized carbons (Fsp3) is 0.324. The second-order valence-corrected chi connectivity index (χ2v) is 10.4. The number of nitrogens with one attached hydrogen (secondary N) is 1. The SMILES string of the molecule is c1ccc(COc2cc3nc(c2)CN(Cc2ccccc2)CCCNCCCN(Cc2ccccc2)C3)cc1. The van der Waals surface area contributed by atoms with Crippen molar-refractivity contribution in [1.29, 1.82) is 0 Å². The first-order chi connectivity index (χ1) is 19.3. The minimum absolute atomic E-state index is 0.552. The molecule has 4 aromatic rings. The lowest BCUT2D eigenvalue weighted by atomic mass is 10.1. The molecule has 0 aliphatic carbocycles. The van der Waals surface area contributed by atoms with Gasteiger partial charge in [0, 0.05) is 51.4 Å². The predicted octanol–water partition coefficient (Wildman–Crippen LogP) is 6.05. The molecule has 0 atom stereocenters. The Hall–Kier alpha value is -3.51. The molecule has 1 N–H and O–H groups in total. The van der Waals surface area contributed by atoms with Crippen LogP contribution in [0.1, 0.15) is 40.9 Å². The van der Waals surface area contributed by atoms with Crippen LogP contribution in [0.25, 0.3) is 0 Å². The van der Waals surface area contributed by atoms with Gasteiger partial charge >= 0.3 is 0 Å². The van der Waals surface area contributed by atoms with E-state index in [9.17, 15) is 0 Å². The average Bonchev–Trinajstić information content (AvgIpc) is 2.96. The van der Waals surface area contributed by atoms with E-state index in [0.29, 0.717) is 6.61 Å². The molecule has 5 heteroatoms. The van der Waals surface area contributed by atoms with Crippen LogP contribution in [-0.4, -0.2) is 41.0 Å². The molecule has 1 aliphatic heterocycles. The average molecular weight is 521 g/mol. The van der Waals surface area contributed by atoms with E-state index in [2.05, 4.69) is 112 Å². The van der Waals surface area contributed by atoms with Crippen LogP contribution in [0.4, 0.5) is 0 Å². The van der Waals surface area contributed by atoms with E-state index in [1.54, 1.807) is 0 Å². The minimum Gasteiger partial charge on any atom is -0.489 e. The Morgan fingerprint density at radius 1 is 0.615 bits per heavy atom. The summed E-state index contributed by atoms with van der Waals surface area (Å²) in [6.45, 7) is 8.07. The quantitative estimate of drug-likeness (QED) is 0.321. The zero-order valence-electron chi connectivity index (χ0n) is 22.8. The summed E-state index contributed by atoms with van der Waals surface area (Å²) in [6.07, 6.45) is 2.22. The second-order valence-electron chi connectivity index (χ2n) is 10.4. The number of pyridine rings is 1. The van der Waals surface area contributed by atoms with Gasteiger partial charge in [-0.15, -0.1) is 0 Å². The van der Waals surface area contributed by atoms with E-state index >= 15 is 0 Å². The van der Waals surface area contributed by atoms with Crippen LogP contribution in [-0.2, 0) is 32.8 Å². The van der Waals surface area contributed by atoms with Gasteiger partial charge < -0.3 is 10.1 Å². The van der Waals surface area contributed by atoms with Crippen LogP contribution in [0.5, 0.6) is 5.75 Å². The highest BCUT2D eigenvalue weighted by atomic mass is 16.5. The maximum atomic E-state index is 6.34. The third-order valence-corrected chi connectivity index (χ3v) is 7.08. The van der Waals surface area contributed by atoms with Gasteiger partial charge in [0.25, 0.3) is 0 Å². The van der Waals surface area contributed by atoms with E-state index in [-0.39, 0.29) is 0 Å². The van der Waals surface area contributed by atoms with E-state index in [1.807, 2.05) is 6.07 Å². The van der Waals surface area contributed by atoms with Crippen molar-refractivity contribution in [1.82, 2.24) is 20.1 Å². The lowest BCUT2D eigenvalue weighted by Crippen LogP contribution is -2.31. The van der Waals surface area contributed by atoms with Gasteiger partial charge in [0.2, 0.25) is 0 Å². The highest BCUT2D eigenvalue weighted by Gasteiger charge is 2.15. The number of hydrogen-bond donors (Lipinski definition) is 1. The molecule has 202 valence electrons. The Labute approximate surface area is 233 Å². The third kappa shape index (κ3) is 9.03. The minimum atomic E-state index is 0.552. The number of ether oxygens (including phenoxy) is 1. The highest BCUT2D eigenvalue weighted by molar-refractivity contribution is 5.28. The molecule has 0 saturated carbocycles. The smallest absolute Gasteiger partial charge is 0.123 e. The highest BCUT2D eigenvalue weighted by Crippen LogP contribution is 2.21. The molecule has 0 fully saturated rings. The first-order valence-electron chi connectivity index (χ1n) is 14.2. The lowest BCUT2D eigenvalue weighted by Gasteiger charge is -2.26. The van der Waals surface area contributed by atoms with Crippen LogP contribution in [0.15, 0.2) is 103 Å². The summed E-state index contributed by atoms with van der Waals surface area (Å²) in [5.41, 5.74) is 5.96. The number of rotatable bonds is 7. The number of fused-ring (bicyclic) bond motifs is 2. The first-order valence-corrected chi connectivity index (χ1v) is 14.2. The first kappa shape index (κ1) is 27.1. The topological polar surface area (TPSA) is 40.6 Å². The van der Waals surface area contributed by atoms with Crippen LogP contribution in [0.3, 0.4) is 0 Å². The van der Waals surface area contributed by atoms with Crippen molar-refractivity contribution >= 4 is 0 Å². The molecule has 0 radical (unpaired) electrons. The van der Waals surface area contributed by atoms with Crippen molar-refractivity contribution in [3.63, 3.8) is 0 Å². The van der Waals surface area contributed by atoms with Crippen LogP contribution in [0, 0.1) is 0 Å². The monoisotopic (exact) mass is 520 g/mol. The zero-order valence-corrected chi connectivity index (χ0v) is 22.8. The summed E-state index contributed by atoms with van der Waals surface area (Å²) in [4.78, 5) is 10.2. The molecule has 39 heavy (non-hydrogen) atoms. The van der Waals surface area contributed by atoms with Crippen molar-refractivity contribution in [2.75, 3.05) is 26.2 Å². The largest absolute Gasteiger partial charge is 0.489 e. The Balaban J connectivity index is 1.40. The van der Waals surface area contributed by atoms with Gasteiger partial charge in [-0.05, 0) is 42.6 Å². The van der Waals surface area contributed by atoms with Gasteiger partial charge in [-0.2, -0.15) is 0 Å². The van der Waals surface area contributed by atoms with Gasteiger partial charge in [-0.3, -0.25) is 14.8 Å². The maximum Gasteiger partial charge on any atom is 0.123 e. The summed E-state index contributed by atoms with van der Waals surface area (Å²) in [5.74, 6) is 0.895. The molecule has 0 spiro atoms. The van der Waals surface area contributed by atoms with Crippen LogP contribution in [0.2, 0.25) is 0 Å². The van der Waals surface area contributed by atoms with Crippen molar-refractivity contribution in [2.24, 2.45) is 0 Å². The fourth-order valence-electron chi connectivity index (χ4n) is 5.16. The van der Waals surface area contributed by atoms with E-state index in [4.69, 9.17) is 9.72 Å². The molecule has 0 unspecified atom stereocenters. The molecule has 0 saturated heterocycles. The molecule has 2 bridgehead atoms. The molecular weight excluding hydrogens is 480 g/mol. The van der Waals surface area contributed by atoms with Gasteiger partial charge in [0.1, 0.15) is 12.4 Å². The predicted molar refractivity (Wildman–Crippen MR) is 158 cm³/mol. The summed E-state index contributed by atoms with van der Waals surface area (Å²) >= 11 is 0. The van der Waals surface area contributed by atoms with Gasteiger partial charge in [-0.25, -0.2) is 0 Å². The van der Waals surface area contributed by atoms with Crippen LogP contribution < -0.4 is 10.1 Å². The van der Waals surface area contributed by atoms with Crippen molar-refractivity contribution < 1.29 is 4.74 Å².